The van der Waals surface area contributed by atoms with Crippen molar-refractivity contribution in [2.75, 3.05) is 11.9 Å². The highest BCUT2D eigenvalue weighted by Crippen LogP contribution is 2.35. The number of hydrogen-bond donors (Lipinski definition) is 2. The number of anilines is 1. The van der Waals surface area contributed by atoms with Gasteiger partial charge < -0.3 is 10.6 Å². The van der Waals surface area contributed by atoms with Crippen molar-refractivity contribution in [1.82, 2.24) is 15.1 Å². The van der Waals surface area contributed by atoms with E-state index in [1.165, 1.54) is 4.68 Å². The van der Waals surface area contributed by atoms with Gasteiger partial charge in [-0.05, 0) is 66.1 Å². The molecule has 142 valence electrons. The molecule has 0 saturated carbocycles. The summed E-state index contributed by atoms with van der Waals surface area (Å²) in [4.78, 5) is 0. The van der Waals surface area contributed by atoms with E-state index in [0.29, 0.717) is 35.3 Å². The predicted molar refractivity (Wildman–Crippen MR) is 105 cm³/mol. The monoisotopic (exact) mass is 468 g/mol. The predicted octanol–water partition coefficient (Wildman–Crippen LogP) is 5.31. The fourth-order valence-electron chi connectivity index (χ4n) is 2.20. The quantitative estimate of drug-likeness (QED) is 0.460. The van der Waals surface area contributed by atoms with Gasteiger partial charge in [-0.15, -0.1) is 0 Å². The van der Waals surface area contributed by atoms with Crippen LogP contribution in [-0.2, 0) is 12.7 Å². The maximum absolute atomic E-state index is 12.8. The van der Waals surface area contributed by atoms with Crippen LogP contribution in [0.1, 0.15) is 23.4 Å². The molecule has 0 atom stereocenters. The zero-order valence-corrected chi connectivity index (χ0v) is 17.2. The van der Waals surface area contributed by atoms with Crippen LogP contribution in [0.2, 0.25) is 5.02 Å². The van der Waals surface area contributed by atoms with Gasteiger partial charge in [0.1, 0.15) is 0 Å². The van der Waals surface area contributed by atoms with Crippen LogP contribution in [0.15, 0.2) is 22.7 Å². The van der Waals surface area contributed by atoms with Crippen LogP contribution in [-0.4, -0.2) is 21.4 Å². The third-order valence-corrected chi connectivity index (χ3v) is 5.27. The molecule has 0 aliphatic rings. The molecule has 0 aliphatic carbocycles. The van der Waals surface area contributed by atoms with E-state index in [1.807, 2.05) is 19.1 Å². The number of hydrogen-bond acceptors (Lipinski definition) is 2. The molecule has 1 aromatic heterocycles. The Morgan fingerprint density at radius 3 is 2.62 bits per heavy atom. The van der Waals surface area contributed by atoms with Crippen LogP contribution in [0.3, 0.4) is 0 Å². The minimum absolute atomic E-state index is 0.0219. The highest BCUT2D eigenvalue weighted by atomic mass is 79.9. The summed E-state index contributed by atoms with van der Waals surface area (Å²) in [5.74, 6) is 0. The number of aromatic nitrogens is 2. The van der Waals surface area contributed by atoms with Crippen LogP contribution < -0.4 is 10.6 Å². The molecule has 2 N–H and O–H groups in total. The number of benzene rings is 1. The molecule has 4 nitrogen and oxygen atoms in total. The summed E-state index contributed by atoms with van der Waals surface area (Å²) < 4.78 is 39.8. The van der Waals surface area contributed by atoms with Gasteiger partial charge >= 0.3 is 6.18 Å². The van der Waals surface area contributed by atoms with Crippen LogP contribution in [0.5, 0.6) is 0 Å². The molecule has 1 heterocycles. The molecule has 0 spiro atoms. The topological polar surface area (TPSA) is 41.9 Å². The number of aryl methyl sites for hydroxylation is 2. The molecular formula is C16H17BrClF3N4S. The van der Waals surface area contributed by atoms with Gasteiger partial charge in [0.2, 0.25) is 0 Å². The summed E-state index contributed by atoms with van der Waals surface area (Å²) in [5.41, 5.74) is 1.26. The Kier molecular flexibility index (Phi) is 6.92. The Balaban J connectivity index is 1.83. The average molecular weight is 470 g/mol. The summed E-state index contributed by atoms with van der Waals surface area (Å²) in [5, 5.41) is 10.7. The number of alkyl halides is 3. The lowest BCUT2D eigenvalue weighted by molar-refractivity contribution is -0.142. The van der Waals surface area contributed by atoms with Crippen molar-refractivity contribution in [2.24, 2.45) is 0 Å². The lowest BCUT2D eigenvalue weighted by atomic mass is 10.2. The second-order valence-corrected chi connectivity index (χ2v) is 7.28. The van der Waals surface area contributed by atoms with Crippen LogP contribution in [0.25, 0.3) is 0 Å². The van der Waals surface area contributed by atoms with Crippen molar-refractivity contribution in [2.45, 2.75) is 33.0 Å². The maximum atomic E-state index is 12.8. The van der Waals surface area contributed by atoms with E-state index in [4.69, 9.17) is 23.8 Å². The Labute approximate surface area is 168 Å². The summed E-state index contributed by atoms with van der Waals surface area (Å²) in [6, 6.07) is 5.51. The smallest absolute Gasteiger partial charge is 0.362 e. The normalized spacial score (nSPS) is 11.5. The van der Waals surface area contributed by atoms with Crippen molar-refractivity contribution >= 4 is 50.5 Å². The third kappa shape index (κ3) is 5.34. The Bertz CT molecular complexity index is 808. The molecule has 0 fully saturated rings. The molecule has 0 unspecified atom stereocenters. The Morgan fingerprint density at radius 2 is 2.04 bits per heavy atom. The van der Waals surface area contributed by atoms with Gasteiger partial charge in [-0.2, -0.15) is 18.3 Å². The zero-order chi connectivity index (χ0) is 19.5. The standard InChI is InChI=1S/C16H17BrClF3N4S/c1-9-4-5-11(8-12(9)18)23-15(26)22-6-3-7-25-10(2)13(17)14(24-25)16(19,20)21/h4-5,8H,3,6-7H2,1-2H3,(H2,22,23,26). The van der Waals surface area contributed by atoms with Crippen molar-refractivity contribution < 1.29 is 13.2 Å². The van der Waals surface area contributed by atoms with Crippen molar-refractivity contribution in [3.8, 4) is 0 Å². The fourth-order valence-corrected chi connectivity index (χ4v) is 3.11. The summed E-state index contributed by atoms with van der Waals surface area (Å²) >= 11 is 14.2. The van der Waals surface area contributed by atoms with Gasteiger partial charge in [0.15, 0.2) is 10.8 Å². The first-order valence-corrected chi connectivity index (χ1v) is 9.28. The molecule has 0 bridgehead atoms. The molecule has 0 radical (unpaired) electrons. The highest BCUT2D eigenvalue weighted by Gasteiger charge is 2.37. The molecule has 26 heavy (non-hydrogen) atoms. The summed E-state index contributed by atoms with van der Waals surface area (Å²) in [7, 11) is 0. The van der Waals surface area contributed by atoms with Crippen molar-refractivity contribution in [1.29, 1.82) is 0 Å². The number of nitrogens with one attached hydrogen (secondary N) is 2. The zero-order valence-electron chi connectivity index (χ0n) is 14.0. The van der Waals surface area contributed by atoms with E-state index in [2.05, 4.69) is 31.7 Å². The first-order valence-electron chi connectivity index (χ1n) is 7.70. The molecule has 1 aromatic carbocycles. The molecule has 2 aromatic rings. The van der Waals surface area contributed by atoms with E-state index in [1.54, 1.807) is 13.0 Å². The lowest BCUT2D eigenvalue weighted by Crippen LogP contribution is -2.29. The molecule has 10 heteroatoms. The van der Waals surface area contributed by atoms with Gasteiger partial charge in [0.25, 0.3) is 0 Å². The SMILES string of the molecule is Cc1ccc(NC(=S)NCCCn2nc(C(F)(F)F)c(Br)c2C)cc1Cl. The first kappa shape index (κ1) is 21.0. The summed E-state index contributed by atoms with van der Waals surface area (Å²) in [6.45, 7) is 4.33. The van der Waals surface area contributed by atoms with Crippen LogP contribution >= 0.6 is 39.7 Å². The number of nitrogens with zero attached hydrogens (tertiary/aromatic N) is 2. The van der Waals surface area contributed by atoms with Gasteiger partial charge in [-0.3, -0.25) is 4.68 Å². The van der Waals surface area contributed by atoms with E-state index in [9.17, 15) is 13.2 Å². The van der Waals surface area contributed by atoms with Crippen molar-refractivity contribution in [3.05, 3.63) is 44.6 Å². The van der Waals surface area contributed by atoms with E-state index in [0.717, 1.165) is 11.3 Å². The highest BCUT2D eigenvalue weighted by molar-refractivity contribution is 9.10. The van der Waals surface area contributed by atoms with Gasteiger partial charge in [0, 0.05) is 23.8 Å². The van der Waals surface area contributed by atoms with E-state index in [-0.39, 0.29) is 4.47 Å². The second kappa shape index (κ2) is 8.58. The largest absolute Gasteiger partial charge is 0.436 e. The fraction of sp³-hybridized carbons (Fsp3) is 0.375. The number of thiocarbonyl (C=S) groups is 1. The minimum atomic E-state index is -4.48. The molecule has 2 rings (SSSR count). The van der Waals surface area contributed by atoms with Gasteiger partial charge in [-0.1, -0.05) is 17.7 Å². The summed E-state index contributed by atoms with van der Waals surface area (Å²) in [6.07, 6.45) is -3.92. The van der Waals surface area contributed by atoms with Gasteiger partial charge in [0.05, 0.1) is 10.2 Å². The van der Waals surface area contributed by atoms with Crippen LogP contribution in [0.4, 0.5) is 18.9 Å². The Morgan fingerprint density at radius 1 is 1.35 bits per heavy atom. The number of rotatable bonds is 5. The van der Waals surface area contributed by atoms with E-state index < -0.39 is 11.9 Å². The van der Waals surface area contributed by atoms with Crippen molar-refractivity contribution in [3.63, 3.8) is 0 Å². The molecule has 0 amide bonds. The van der Waals surface area contributed by atoms with E-state index >= 15 is 0 Å². The second-order valence-electron chi connectivity index (χ2n) is 5.67. The maximum Gasteiger partial charge on any atom is 0.436 e. The van der Waals surface area contributed by atoms with Crippen LogP contribution in [0, 0.1) is 13.8 Å². The lowest BCUT2D eigenvalue weighted by Gasteiger charge is -2.11. The molecule has 0 saturated heterocycles. The first-order chi connectivity index (χ1) is 12.1. The minimum Gasteiger partial charge on any atom is -0.362 e. The molecular weight excluding hydrogens is 453 g/mol. The Hall–Kier alpha value is -1.32. The van der Waals surface area contributed by atoms with Gasteiger partial charge in [-0.25, -0.2) is 0 Å². The number of halogens is 5. The third-order valence-electron chi connectivity index (χ3n) is 3.66. The molecule has 0 aliphatic heterocycles. The average Bonchev–Trinajstić information content (AvgIpc) is 2.83.